The second-order valence-corrected chi connectivity index (χ2v) is 11.2. The fourth-order valence-corrected chi connectivity index (χ4v) is 6.17. The molecule has 1 N–H and O–H groups in total. The number of nitro benzene ring substituents is 1. The molecule has 1 amide bonds. The van der Waals surface area contributed by atoms with Crippen LogP contribution in [0.5, 0.6) is 5.75 Å². The Labute approximate surface area is 259 Å². The largest absolute Gasteiger partial charge is 0.497 e. The number of fused-ring (bicyclic) bond motifs is 1. The fraction of sp³-hybridized carbons (Fsp3) is 0.0938. The predicted molar refractivity (Wildman–Crippen MR) is 168 cm³/mol. The molecule has 220 valence electrons. The third kappa shape index (κ3) is 5.46. The minimum atomic E-state index is -0.759. The fourth-order valence-electron chi connectivity index (χ4n) is 4.95. The number of hydrogen-bond donors (Lipinski definition) is 1. The van der Waals surface area contributed by atoms with E-state index in [1.165, 1.54) is 28.0 Å². The smallest absolute Gasteiger partial charge is 0.288 e. The van der Waals surface area contributed by atoms with Crippen LogP contribution in [-0.4, -0.2) is 22.5 Å². The number of carbonyl (C=O) groups is 1. The van der Waals surface area contributed by atoms with Gasteiger partial charge in [0.2, 0.25) is 0 Å². The van der Waals surface area contributed by atoms with Gasteiger partial charge in [0.15, 0.2) is 4.80 Å². The van der Waals surface area contributed by atoms with Crippen LogP contribution >= 0.6 is 22.9 Å². The summed E-state index contributed by atoms with van der Waals surface area (Å²) in [5.41, 5.74) is 2.01. The summed E-state index contributed by atoms with van der Waals surface area (Å²) in [5, 5.41) is 14.3. The summed E-state index contributed by atoms with van der Waals surface area (Å²) in [5.74, 6) is 0.995. The number of amides is 1. The average Bonchev–Trinajstić information content (AvgIpc) is 3.61. The Hall–Kier alpha value is -5.26. The predicted octanol–water partition coefficient (Wildman–Crippen LogP) is 5.70. The maximum atomic E-state index is 14.0. The Morgan fingerprint density at radius 2 is 1.86 bits per heavy atom. The van der Waals surface area contributed by atoms with E-state index in [9.17, 15) is 19.7 Å². The Kier molecular flexibility index (Phi) is 7.73. The van der Waals surface area contributed by atoms with Crippen molar-refractivity contribution in [3.8, 4) is 17.1 Å². The van der Waals surface area contributed by atoms with Gasteiger partial charge in [0.25, 0.3) is 17.2 Å². The van der Waals surface area contributed by atoms with Gasteiger partial charge in [-0.2, -0.15) is 0 Å². The van der Waals surface area contributed by atoms with Gasteiger partial charge in [-0.1, -0.05) is 53.3 Å². The van der Waals surface area contributed by atoms with Crippen molar-refractivity contribution < 1.29 is 18.9 Å². The first-order chi connectivity index (χ1) is 21.2. The second-order valence-electron chi connectivity index (χ2n) is 9.80. The number of aromatic nitrogens is 1. The van der Waals surface area contributed by atoms with Gasteiger partial charge >= 0.3 is 0 Å². The van der Waals surface area contributed by atoms with E-state index in [2.05, 4.69) is 10.3 Å². The number of halogens is 1. The van der Waals surface area contributed by atoms with Gasteiger partial charge < -0.3 is 14.5 Å². The maximum absolute atomic E-state index is 14.0. The number of furan rings is 1. The van der Waals surface area contributed by atoms with E-state index in [0.717, 1.165) is 0 Å². The lowest BCUT2D eigenvalue weighted by atomic mass is 9.95. The number of nitrogens with one attached hydrogen (secondary N) is 1. The molecule has 12 heteroatoms. The number of benzene rings is 3. The van der Waals surface area contributed by atoms with Crippen LogP contribution in [0.3, 0.4) is 0 Å². The molecule has 0 unspecified atom stereocenters. The van der Waals surface area contributed by atoms with Crippen LogP contribution in [0.25, 0.3) is 17.4 Å². The first kappa shape index (κ1) is 28.8. The maximum Gasteiger partial charge on any atom is 0.288 e. The van der Waals surface area contributed by atoms with Crippen molar-refractivity contribution in [2.24, 2.45) is 4.99 Å². The van der Waals surface area contributed by atoms with Gasteiger partial charge in [-0.25, -0.2) is 4.99 Å². The summed E-state index contributed by atoms with van der Waals surface area (Å²) in [6.07, 6.45) is 1.59. The molecule has 0 aliphatic carbocycles. The van der Waals surface area contributed by atoms with Crippen LogP contribution in [0.4, 0.5) is 11.4 Å². The van der Waals surface area contributed by atoms with Gasteiger partial charge in [-0.3, -0.25) is 24.3 Å². The zero-order valence-electron chi connectivity index (χ0n) is 23.3. The van der Waals surface area contributed by atoms with E-state index in [4.69, 9.17) is 20.8 Å². The van der Waals surface area contributed by atoms with Crippen LogP contribution in [0.2, 0.25) is 5.02 Å². The molecule has 1 aliphatic heterocycles. The summed E-state index contributed by atoms with van der Waals surface area (Å²) in [6.45, 7) is 1.75. The van der Waals surface area contributed by atoms with Gasteiger partial charge in [0, 0.05) is 23.4 Å². The highest BCUT2D eigenvalue weighted by Gasteiger charge is 2.32. The SMILES string of the molecule is COc1ccc([C@@H]2C(C(=O)Nc3ccccc3)=C(C)N=c3s/c(=C/c4ccc(-c5ccc(Cl)c([N+](=O)[O-])c5)o4)c(=O)n32)cc1. The number of anilines is 1. The van der Waals surface area contributed by atoms with E-state index in [0.29, 0.717) is 54.7 Å². The molecule has 0 fully saturated rings. The Balaban J connectivity index is 1.43. The van der Waals surface area contributed by atoms with Crippen molar-refractivity contribution in [1.82, 2.24) is 4.57 Å². The summed E-state index contributed by atoms with van der Waals surface area (Å²) < 4.78 is 13.1. The number of rotatable bonds is 7. The highest BCUT2D eigenvalue weighted by molar-refractivity contribution is 7.07. The monoisotopic (exact) mass is 626 g/mol. The molecule has 6 rings (SSSR count). The molecule has 44 heavy (non-hydrogen) atoms. The first-order valence-electron chi connectivity index (χ1n) is 13.3. The number of thiazole rings is 1. The van der Waals surface area contributed by atoms with Gasteiger partial charge in [-0.15, -0.1) is 0 Å². The molecule has 5 aromatic rings. The summed E-state index contributed by atoms with van der Waals surface area (Å²) in [4.78, 5) is 43.5. The van der Waals surface area contributed by atoms with Crippen molar-refractivity contribution in [2.45, 2.75) is 13.0 Å². The van der Waals surface area contributed by atoms with Gasteiger partial charge in [0.05, 0.1) is 33.9 Å². The van der Waals surface area contributed by atoms with Crippen LogP contribution in [0.1, 0.15) is 24.3 Å². The molecule has 0 saturated heterocycles. The number of nitro groups is 1. The Bertz CT molecular complexity index is 2130. The minimum absolute atomic E-state index is 0.0187. The Morgan fingerprint density at radius 3 is 2.57 bits per heavy atom. The first-order valence-corrected chi connectivity index (χ1v) is 14.5. The van der Waals surface area contributed by atoms with E-state index >= 15 is 0 Å². The van der Waals surface area contributed by atoms with Crippen molar-refractivity contribution >= 4 is 46.3 Å². The highest BCUT2D eigenvalue weighted by Crippen LogP contribution is 2.33. The number of allylic oxidation sites excluding steroid dienone is 1. The van der Waals surface area contributed by atoms with Crippen molar-refractivity contribution in [2.75, 3.05) is 12.4 Å². The number of nitrogens with zero attached hydrogens (tertiary/aromatic N) is 3. The van der Waals surface area contributed by atoms with Crippen LogP contribution in [0, 0.1) is 10.1 Å². The number of carbonyl (C=O) groups excluding carboxylic acids is 1. The van der Waals surface area contributed by atoms with Crippen molar-refractivity contribution in [3.05, 3.63) is 142 Å². The molecule has 0 saturated carbocycles. The lowest BCUT2D eigenvalue weighted by Gasteiger charge is -2.25. The van der Waals surface area contributed by atoms with E-state index in [1.807, 2.05) is 30.3 Å². The Morgan fingerprint density at radius 1 is 1.11 bits per heavy atom. The summed E-state index contributed by atoms with van der Waals surface area (Å²) in [6, 6.07) is 23.2. The number of hydrogen-bond acceptors (Lipinski definition) is 8. The lowest BCUT2D eigenvalue weighted by molar-refractivity contribution is -0.384. The van der Waals surface area contributed by atoms with Crippen molar-refractivity contribution in [3.63, 3.8) is 0 Å². The zero-order chi connectivity index (χ0) is 31.0. The molecule has 3 heterocycles. The van der Waals surface area contributed by atoms with E-state index in [-0.39, 0.29) is 22.2 Å². The molecule has 0 bridgehead atoms. The van der Waals surface area contributed by atoms with E-state index < -0.39 is 11.0 Å². The highest BCUT2D eigenvalue weighted by atomic mass is 35.5. The molecule has 0 spiro atoms. The van der Waals surface area contributed by atoms with Crippen LogP contribution in [-0.2, 0) is 4.79 Å². The molecule has 10 nitrogen and oxygen atoms in total. The van der Waals surface area contributed by atoms with Crippen molar-refractivity contribution in [1.29, 1.82) is 0 Å². The van der Waals surface area contributed by atoms with Gasteiger partial charge in [-0.05, 0) is 61.0 Å². The zero-order valence-corrected chi connectivity index (χ0v) is 24.9. The normalized spacial score (nSPS) is 14.6. The second kappa shape index (κ2) is 11.8. The number of para-hydroxylation sites is 1. The third-order valence-electron chi connectivity index (χ3n) is 7.06. The van der Waals surface area contributed by atoms with Gasteiger partial charge in [0.1, 0.15) is 22.3 Å². The lowest BCUT2D eigenvalue weighted by Crippen LogP contribution is -2.40. The summed E-state index contributed by atoms with van der Waals surface area (Å²) in [7, 11) is 1.56. The molecular formula is C32H23ClN4O6S. The third-order valence-corrected chi connectivity index (χ3v) is 8.36. The molecule has 3 aromatic carbocycles. The molecule has 0 radical (unpaired) electrons. The molecule has 2 aromatic heterocycles. The van der Waals surface area contributed by atoms with Crippen LogP contribution < -0.4 is 24.9 Å². The number of methoxy groups -OCH3 is 1. The minimum Gasteiger partial charge on any atom is -0.497 e. The number of ether oxygens (including phenoxy) is 1. The van der Waals surface area contributed by atoms with E-state index in [1.54, 1.807) is 62.6 Å². The summed E-state index contributed by atoms with van der Waals surface area (Å²) >= 11 is 7.12. The molecule has 1 aliphatic rings. The molecular weight excluding hydrogens is 604 g/mol. The topological polar surface area (TPSA) is 129 Å². The standard InChI is InChI=1S/C32H23ClN4O6S/c1-18-28(30(38)35-21-6-4-3-5-7-21)29(19-8-11-22(42-2)12-9-19)36-31(39)27(44-32(36)34-18)17-23-13-15-26(43-23)20-10-14-24(33)25(16-20)37(40)41/h3-17,29H,1-2H3,(H,35,38)/b27-17+/t29-/m1/s1. The quantitative estimate of drug-likeness (QED) is 0.182. The average molecular weight is 627 g/mol. The molecule has 1 atom stereocenters. The van der Waals surface area contributed by atoms with Crippen LogP contribution in [0.15, 0.2) is 110 Å².